The first-order valence-corrected chi connectivity index (χ1v) is 9.49. The van der Waals surface area contributed by atoms with Gasteiger partial charge in [0.15, 0.2) is 5.41 Å². The molecule has 2 fully saturated rings. The Balaban J connectivity index is 2.22. The smallest absolute Gasteiger partial charge is 0.323 e. The fourth-order valence-corrected chi connectivity index (χ4v) is 4.49. The van der Waals surface area contributed by atoms with Gasteiger partial charge in [-0.1, -0.05) is 38.5 Å². The molecule has 0 aromatic carbocycles. The van der Waals surface area contributed by atoms with Crippen LogP contribution in [0.5, 0.6) is 0 Å². The summed E-state index contributed by atoms with van der Waals surface area (Å²) in [6, 6.07) is 0. The summed E-state index contributed by atoms with van der Waals surface area (Å²) in [6.45, 7) is 4.24. The molecule has 0 radical (unpaired) electrons. The van der Waals surface area contributed by atoms with E-state index in [0.717, 1.165) is 32.1 Å². The number of esters is 2. The van der Waals surface area contributed by atoms with Crippen LogP contribution in [0.3, 0.4) is 0 Å². The van der Waals surface area contributed by atoms with E-state index in [1.54, 1.807) is 13.8 Å². The Labute approximate surface area is 140 Å². The molecule has 23 heavy (non-hydrogen) atoms. The van der Waals surface area contributed by atoms with Crippen molar-refractivity contribution in [3.63, 3.8) is 0 Å². The van der Waals surface area contributed by atoms with Crippen molar-refractivity contribution in [3.05, 3.63) is 0 Å². The number of ether oxygens (including phenoxy) is 2. The maximum absolute atomic E-state index is 12.9. The third-order valence-corrected chi connectivity index (χ3v) is 5.75. The minimum absolute atomic E-state index is 0.0852. The number of carbonyl (C=O) groups excluding carboxylic acids is 2. The van der Waals surface area contributed by atoms with Crippen molar-refractivity contribution in [3.8, 4) is 0 Å². The van der Waals surface area contributed by atoms with Crippen LogP contribution >= 0.6 is 0 Å². The molecule has 0 aromatic heterocycles. The summed E-state index contributed by atoms with van der Waals surface area (Å²) in [5, 5.41) is 0. The Hall–Kier alpha value is -1.06. The van der Waals surface area contributed by atoms with Gasteiger partial charge in [-0.2, -0.15) is 0 Å². The van der Waals surface area contributed by atoms with E-state index < -0.39 is 5.41 Å². The lowest BCUT2D eigenvalue weighted by Crippen LogP contribution is -2.47. The van der Waals surface area contributed by atoms with Crippen LogP contribution in [0, 0.1) is 17.3 Å². The number of hydrogen-bond acceptors (Lipinski definition) is 4. The first-order chi connectivity index (χ1) is 11.1. The molecule has 2 saturated carbocycles. The van der Waals surface area contributed by atoms with Crippen LogP contribution in [0.15, 0.2) is 0 Å². The average molecular weight is 324 g/mol. The largest absolute Gasteiger partial charge is 0.465 e. The van der Waals surface area contributed by atoms with Crippen molar-refractivity contribution in [1.29, 1.82) is 0 Å². The zero-order valence-electron chi connectivity index (χ0n) is 14.8. The fourth-order valence-electron chi connectivity index (χ4n) is 4.49. The molecule has 0 atom stereocenters. The minimum atomic E-state index is -1.06. The molecular formula is C19H32O4. The summed E-state index contributed by atoms with van der Waals surface area (Å²) in [7, 11) is 0. The van der Waals surface area contributed by atoms with Crippen LogP contribution in [-0.2, 0) is 19.1 Å². The van der Waals surface area contributed by atoms with Crippen LogP contribution in [0.25, 0.3) is 0 Å². The first-order valence-electron chi connectivity index (χ1n) is 9.49. The predicted molar refractivity (Wildman–Crippen MR) is 88.8 cm³/mol. The molecule has 0 amide bonds. The Morgan fingerprint density at radius 3 is 1.83 bits per heavy atom. The van der Waals surface area contributed by atoms with Gasteiger partial charge in [-0.25, -0.2) is 0 Å². The Morgan fingerprint density at radius 2 is 1.35 bits per heavy atom. The molecule has 4 nitrogen and oxygen atoms in total. The van der Waals surface area contributed by atoms with Gasteiger partial charge in [0.05, 0.1) is 13.2 Å². The lowest BCUT2D eigenvalue weighted by atomic mass is 9.69. The second-order valence-corrected chi connectivity index (χ2v) is 7.08. The standard InChI is InChI=1S/C19H32O4/c1-3-22-17(20)19(18(21)23-4-2,16-11-7-8-12-16)14-13-15-9-5-6-10-15/h15-16H,3-14H2,1-2H3. The molecule has 132 valence electrons. The molecular weight excluding hydrogens is 292 g/mol. The van der Waals surface area contributed by atoms with Crippen molar-refractivity contribution in [1.82, 2.24) is 0 Å². The second kappa shape index (κ2) is 8.70. The Morgan fingerprint density at radius 1 is 0.870 bits per heavy atom. The molecule has 2 aliphatic rings. The van der Waals surface area contributed by atoms with Gasteiger partial charge in [0, 0.05) is 0 Å². The monoisotopic (exact) mass is 324 g/mol. The van der Waals surface area contributed by atoms with Crippen molar-refractivity contribution < 1.29 is 19.1 Å². The topological polar surface area (TPSA) is 52.6 Å². The summed E-state index contributed by atoms with van der Waals surface area (Å²) in [4.78, 5) is 25.7. The summed E-state index contributed by atoms with van der Waals surface area (Å²) in [5.41, 5.74) is -1.06. The van der Waals surface area contributed by atoms with E-state index >= 15 is 0 Å². The highest BCUT2D eigenvalue weighted by molar-refractivity contribution is 6.00. The highest BCUT2D eigenvalue weighted by atomic mass is 16.6. The summed E-state index contributed by atoms with van der Waals surface area (Å²) < 4.78 is 10.7. The molecule has 0 N–H and O–H groups in total. The van der Waals surface area contributed by atoms with Crippen LogP contribution in [0.1, 0.15) is 78.1 Å². The number of hydrogen-bond donors (Lipinski definition) is 0. The Bertz CT molecular complexity index is 374. The second-order valence-electron chi connectivity index (χ2n) is 7.08. The van der Waals surface area contributed by atoms with Crippen molar-refractivity contribution in [2.75, 3.05) is 13.2 Å². The zero-order chi connectivity index (χ0) is 16.7. The summed E-state index contributed by atoms with van der Waals surface area (Å²) in [5.74, 6) is 0.0494. The van der Waals surface area contributed by atoms with E-state index in [4.69, 9.17) is 9.47 Å². The van der Waals surface area contributed by atoms with Crippen LogP contribution in [-0.4, -0.2) is 25.2 Å². The molecule has 2 rings (SSSR count). The molecule has 0 unspecified atom stereocenters. The average Bonchev–Trinajstić information content (AvgIpc) is 3.22. The third-order valence-electron chi connectivity index (χ3n) is 5.75. The van der Waals surface area contributed by atoms with E-state index in [0.29, 0.717) is 25.6 Å². The van der Waals surface area contributed by atoms with Crippen molar-refractivity contribution in [2.45, 2.75) is 78.1 Å². The first kappa shape index (κ1) is 18.3. The maximum atomic E-state index is 12.9. The lowest BCUT2D eigenvalue weighted by molar-refractivity contribution is -0.178. The molecule has 0 aromatic rings. The predicted octanol–water partition coefficient (Wildman–Crippen LogP) is 4.26. The van der Waals surface area contributed by atoms with Crippen molar-refractivity contribution in [2.24, 2.45) is 17.3 Å². The van der Waals surface area contributed by atoms with Crippen molar-refractivity contribution >= 4 is 11.9 Å². The van der Waals surface area contributed by atoms with Gasteiger partial charge in [0.1, 0.15) is 0 Å². The molecule has 0 saturated heterocycles. The van der Waals surface area contributed by atoms with Crippen LogP contribution in [0.2, 0.25) is 0 Å². The number of carbonyl (C=O) groups is 2. The quantitative estimate of drug-likeness (QED) is 0.494. The fraction of sp³-hybridized carbons (Fsp3) is 0.895. The van der Waals surface area contributed by atoms with Gasteiger partial charge in [0.2, 0.25) is 0 Å². The maximum Gasteiger partial charge on any atom is 0.323 e. The van der Waals surface area contributed by atoms with Gasteiger partial charge in [-0.15, -0.1) is 0 Å². The summed E-state index contributed by atoms with van der Waals surface area (Å²) in [6.07, 6.45) is 10.6. The summed E-state index contributed by atoms with van der Waals surface area (Å²) >= 11 is 0. The molecule has 4 heteroatoms. The molecule has 0 spiro atoms. The minimum Gasteiger partial charge on any atom is -0.465 e. The van der Waals surface area contributed by atoms with Gasteiger partial charge >= 0.3 is 11.9 Å². The molecule has 0 heterocycles. The van der Waals surface area contributed by atoms with E-state index in [9.17, 15) is 9.59 Å². The van der Waals surface area contributed by atoms with Gasteiger partial charge < -0.3 is 9.47 Å². The van der Waals surface area contributed by atoms with Gasteiger partial charge in [-0.05, 0) is 51.4 Å². The van der Waals surface area contributed by atoms with E-state index in [2.05, 4.69) is 0 Å². The van der Waals surface area contributed by atoms with E-state index in [1.807, 2.05) is 0 Å². The highest BCUT2D eigenvalue weighted by Gasteiger charge is 2.54. The molecule has 0 bridgehead atoms. The zero-order valence-corrected chi connectivity index (χ0v) is 14.8. The SMILES string of the molecule is CCOC(=O)C(CCC1CCCC1)(C(=O)OCC)C1CCCC1. The van der Waals surface area contributed by atoms with Gasteiger partial charge in [0.25, 0.3) is 0 Å². The normalized spacial score (nSPS) is 19.9. The van der Waals surface area contributed by atoms with Gasteiger partial charge in [-0.3, -0.25) is 9.59 Å². The molecule has 2 aliphatic carbocycles. The lowest BCUT2D eigenvalue weighted by Gasteiger charge is -2.35. The van der Waals surface area contributed by atoms with E-state index in [1.165, 1.54) is 25.7 Å². The van der Waals surface area contributed by atoms with Crippen LogP contribution in [0.4, 0.5) is 0 Å². The third kappa shape index (κ3) is 4.07. The van der Waals surface area contributed by atoms with Crippen LogP contribution < -0.4 is 0 Å². The Kier molecular flexibility index (Phi) is 6.91. The van der Waals surface area contributed by atoms with E-state index in [-0.39, 0.29) is 17.9 Å². The molecule has 0 aliphatic heterocycles. The number of rotatable bonds is 8. The highest BCUT2D eigenvalue weighted by Crippen LogP contribution is 2.47.